The number of nitrogens with one attached hydrogen (secondary N) is 5. The lowest BCUT2D eigenvalue weighted by Crippen LogP contribution is -2.19. The number of H-pyrrole nitrogens is 1. The number of carbonyl (C=O) groups excluding carboxylic acids is 2. The molecule has 1 aromatic heterocycles. The van der Waals surface area contributed by atoms with Crippen LogP contribution in [0.15, 0.2) is 79.0 Å². The molecule has 0 bridgehead atoms. The summed E-state index contributed by atoms with van der Waals surface area (Å²) in [5, 5.41) is 12.3. The van der Waals surface area contributed by atoms with Gasteiger partial charge in [0.25, 0.3) is 5.91 Å². The first-order valence-corrected chi connectivity index (χ1v) is 11.4. The highest BCUT2D eigenvalue weighted by atomic mass is 35.5. The maximum Gasteiger partial charge on any atom is 0.323 e. The largest absolute Gasteiger partial charge is 0.362 e. The average molecular weight is 504 g/mol. The number of rotatable bonds is 5. The highest BCUT2D eigenvalue weighted by Crippen LogP contribution is 2.36. The van der Waals surface area contributed by atoms with E-state index >= 15 is 0 Å². The molecule has 35 heavy (non-hydrogen) atoms. The molecule has 4 aromatic rings. The van der Waals surface area contributed by atoms with Crippen LogP contribution in [-0.4, -0.2) is 16.9 Å². The number of anilines is 5. The lowest BCUT2D eigenvalue weighted by Gasteiger charge is -2.12. The van der Waals surface area contributed by atoms with E-state index in [0.29, 0.717) is 22.0 Å². The van der Waals surface area contributed by atoms with Gasteiger partial charge in [-0.15, -0.1) is 0 Å². The number of aromatic amines is 1. The molecule has 0 atom stereocenters. The summed E-state index contributed by atoms with van der Waals surface area (Å²) < 4.78 is 0. The number of hydrogen-bond acceptors (Lipinski definition) is 3. The Kier molecular flexibility index (Phi) is 6.18. The van der Waals surface area contributed by atoms with Crippen LogP contribution >= 0.6 is 23.2 Å². The Bertz CT molecular complexity index is 1460. The minimum atomic E-state index is -0.451. The summed E-state index contributed by atoms with van der Waals surface area (Å²) in [6.45, 7) is 0. The quantitative estimate of drug-likeness (QED) is 0.186. The molecule has 1 aliphatic rings. The van der Waals surface area contributed by atoms with Crippen molar-refractivity contribution < 1.29 is 9.59 Å². The molecule has 3 amide bonds. The van der Waals surface area contributed by atoms with Crippen LogP contribution in [0.1, 0.15) is 11.3 Å². The van der Waals surface area contributed by atoms with Crippen molar-refractivity contribution in [1.82, 2.24) is 4.98 Å². The van der Waals surface area contributed by atoms with Gasteiger partial charge in [-0.25, -0.2) is 4.79 Å². The first kappa shape index (κ1) is 22.6. The Morgan fingerprint density at radius 1 is 0.857 bits per heavy atom. The minimum absolute atomic E-state index is 0.149. The van der Waals surface area contributed by atoms with Gasteiger partial charge in [0.1, 0.15) is 0 Å². The van der Waals surface area contributed by atoms with Crippen molar-refractivity contribution in [2.45, 2.75) is 0 Å². The molecule has 0 unspecified atom stereocenters. The number of carbonyl (C=O) groups is 2. The number of urea groups is 1. The summed E-state index contributed by atoms with van der Waals surface area (Å²) in [5.41, 5.74) is 5.56. The summed E-state index contributed by atoms with van der Waals surface area (Å²) in [4.78, 5) is 28.0. The van der Waals surface area contributed by atoms with Crippen LogP contribution in [-0.2, 0) is 4.79 Å². The number of halogens is 2. The van der Waals surface area contributed by atoms with E-state index in [1.165, 1.54) is 0 Å². The van der Waals surface area contributed by atoms with Crippen LogP contribution < -0.4 is 21.3 Å². The SMILES string of the molecule is O=C(Nc1cccc(Nc2ccc3c(c2)NC(=O)/C3=C\c2ccc[nH]2)c1)Nc1cccc(Cl)c1Cl. The number of fused-ring (bicyclic) bond motifs is 1. The van der Waals surface area contributed by atoms with Crippen molar-refractivity contribution >= 4 is 75.2 Å². The third-order valence-electron chi connectivity index (χ3n) is 5.33. The van der Waals surface area contributed by atoms with Crippen molar-refractivity contribution in [3.8, 4) is 0 Å². The van der Waals surface area contributed by atoms with E-state index in [1.54, 1.807) is 30.3 Å². The maximum atomic E-state index is 12.5. The van der Waals surface area contributed by atoms with Crippen molar-refractivity contribution in [2.24, 2.45) is 0 Å². The minimum Gasteiger partial charge on any atom is -0.362 e. The van der Waals surface area contributed by atoms with Crippen LogP contribution in [0.5, 0.6) is 0 Å². The van der Waals surface area contributed by atoms with Gasteiger partial charge in [0.05, 0.1) is 27.0 Å². The lowest BCUT2D eigenvalue weighted by molar-refractivity contribution is -0.110. The molecular weight excluding hydrogens is 485 g/mol. The van der Waals surface area contributed by atoms with Crippen molar-refractivity contribution in [1.29, 1.82) is 0 Å². The molecule has 3 aromatic carbocycles. The Labute approximate surface area is 211 Å². The van der Waals surface area contributed by atoms with Gasteiger partial charge < -0.3 is 26.3 Å². The normalized spacial score (nSPS) is 13.3. The van der Waals surface area contributed by atoms with Gasteiger partial charge in [-0.05, 0) is 60.7 Å². The number of hydrogen-bond donors (Lipinski definition) is 5. The first-order chi connectivity index (χ1) is 17.0. The molecule has 0 saturated carbocycles. The fourth-order valence-corrected chi connectivity index (χ4v) is 4.08. The van der Waals surface area contributed by atoms with Gasteiger partial charge in [-0.3, -0.25) is 4.79 Å². The molecule has 0 aliphatic carbocycles. The molecule has 2 heterocycles. The van der Waals surface area contributed by atoms with Gasteiger partial charge in [0.2, 0.25) is 0 Å². The summed E-state index contributed by atoms with van der Waals surface area (Å²) in [6.07, 6.45) is 3.64. The maximum absolute atomic E-state index is 12.5. The highest BCUT2D eigenvalue weighted by molar-refractivity contribution is 6.44. The fourth-order valence-electron chi connectivity index (χ4n) is 3.73. The van der Waals surface area contributed by atoms with Gasteiger partial charge in [-0.2, -0.15) is 0 Å². The summed E-state index contributed by atoms with van der Waals surface area (Å²) in [7, 11) is 0. The molecular formula is C26H19Cl2N5O2. The van der Waals surface area contributed by atoms with Gasteiger partial charge in [-0.1, -0.05) is 41.4 Å². The molecule has 5 N–H and O–H groups in total. The Morgan fingerprint density at radius 2 is 1.66 bits per heavy atom. The van der Waals surface area contributed by atoms with E-state index in [4.69, 9.17) is 23.2 Å². The number of aromatic nitrogens is 1. The van der Waals surface area contributed by atoms with Crippen LogP contribution in [0.4, 0.5) is 33.2 Å². The van der Waals surface area contributed by atoms with E-state index in [1.807, 2.05) is 54.7 Å². The second kappa shape index (κ2) is 9.58. The number of benzene rings is 3. The van der Waals surface area contributed by atoms with E-state index in [2.05, 4.69) is 26.3 Å². The van der Waals surface area contributed by atoms with Gasteiger partial charge >= 0.3 is 6.03 Å². The van der Waals surface area contributed by atoms with Gasteiger partial charge in [0.15, 0.2) is 0 Å². The van der Waals surface area contributed by atoms with Gasteiger partial charge in [0, 0.05) is 34.5 Å². The molecule has 9 heteroatoms. The van der Waals surface area contributed by atoms with Crippen LogP contribution in [0, 0.1) is 0 Å². The predicted octanol–water partition coefficient (Wildman–Crippen LogP) is 7.20. The predicted molar refractivity (Wildman–Crippen MR) is 143 cm³/mol. The summed E-state index contributed by atoms with van der Waals surface area (Å²) >= 11 is 12.1. The molecule has 7 nitrogen and oxygen atoms in total. The van der Waals surface area contributed by atoms with Crippen molar-refractivity contribution in [2.75, 3.05) is 21.3 Å². The second-order valence-corrected chi connectivity index (χ2v) is 8.57. The fraction of sp³-hybridized carbons (Fsp3) is 0. The summed E-state index contributed by atoms with van der Waals surface area (Å²) in [5.74, 6) is -0.149. The second-order valence-electron chi connectivity index (χ2n) is 7.78. The van der Waals surface area contributed by atoms with E-state index in [9.17, 15) is 9.59 Å². The molecule has 174 valence electrons. The van der Waals surface area contributed by atoms with E-state index in [-0.39, 0.29) is 10.9 Å². The Morgan fingerprint density at radius 3 is 2.49 bits per heavy atom. The van der Waals surface area contributed by atoms with Crippen molar-refractivity contribution in [3.05, 3.63) is 100 Å². The zero-order valence-electron chi connectivity index (χ0n) is 18.2. The molecule has 0 spiro atoms. The zero-order chi connectivity index (χ0) is 24.4. The average Bonchev–Trinajstić information content (AvgIpc) is 3.45. The Balaban J connectivity index is 1.29. The molecule has 0 fully saturated rings. The third kappa shape index (κ3) is 5.01. The van der Waals surface area contributed by atoms with E-state index in [0.717, 1.165) is 28.3 Å². The Hall–Kier alpha value is -4.20. The first-order valence-electron chi connectivity index (χ1n) is 10.7. The highest BCUT2D eigenvalue weighted by Gasteiger charge is 2.24. The van der Waals surface area contributed by atoms with E-state index < -0.39 is 6.03 Å². The zero-order valence-corrected chi connectivity index (χ0v) is 19.7. The smallest absolute Gasteiger partial charge is 0.323 e. The van der Waals surface area contributed by atoms with Crippen LogP contribution in [0.2, 0.25) is 10.0 Å². The molecule has 0 saturated heterocycles. The number of amides is 3. The topological polar surface area (TPSA) is 98.1 Å². The molecule has 5 rings (SSSR count). The summed E-state index contributed by atoms with van der Waals surface area (Å²) in [6, 6.07) is 21.3. The van der Waals surface area contributed by atoms with Crippen molar-refractivity contribution in [3.63, 3.8) is 0 Å². The van der Waals surface area contributed by atoms with Crippen LogP contribution in [0.3, 0.4) is 0 Å². The monoisotopic (exact) mass is 503 g/mol. The standard InChI is InChI=1S/C26H19Cl2N5O2/c27-21-7-2-8-22(24(21)28)33-26(35)31-17-5-1-4-16(12-17)30-18-9-10-19-20(13-15-6-3-11-29-15)25(34)32-23(19)14-18/h1-14,29-30H,(H,32,34)(H2,31,33,35)/b20-13-. The molecule has 0 radical (unpaired) electrons. The lowest BCUT2D eigenvalue weighted by atomic mass is 10.1. The third-order valence-corrected chi connectivity index (χ3v) is 6.15. The van der Waals surface area contributed by atoms with Crippen LogP contribution in [0.25, 0.3) is 11.6 Å². The molecule has 1 aliphatic heterocycles.